The van der Waals surface area contributed by atoms with E-state index in [1.54, 1.807) is 37.3 Å². The first-order valence-electron chi connectivity index (χ1n) is 7.39. The van der Waals surface area contributed by atoms with Gasteiger partial charge in [0, 0.05) is 6.54 Å². The Hall–Kier alpha value is -2.77. The zero-order chi connectivity index (χ0) is 16.4. The number of carbonyl (C=O) groups is 3. The molecule has 0 saturated carbocycles. The maximum Gasteiger partial charge on any atom is 0.307 e. The summed E-state index contributed by atoms with van der Waals surface area (Å²) >= 11 is 0. The zero-order valence-corrected chi connectivity index (χ0v) is 12.6. The van der Waals surface area contributed by atoms with E-state index in [9.17, 15) is 14.4 Å². The van der Waals surface area contributed by atoms with Gasteiger partial charge in [-0.2, -0.15) is 5.11 Å². The van der Waals surface area contributed by atoms with Gasteiger partial charge in [-0.05, 0) is 19.1 Å². The fraction of sp³-hybridized carbons (Fsp3) is 0.400. The number of imide groups is 1. The van der Waals surface area contributed by atoms with Crippen molar-refractivity contribution in [1.29, 1.82) is 0 Å². The molecule has 2 heterocycles. The van der Waals surface area contributed by atoms with Gasteiger partial charge in [0.2, 0.25) is 0 Å². The Bertz CT molecular complexity index is 661. The van der Waals surface area contributed by atoms with Gasteiger partial charge in [-0.3, -0.25) is 19.4 Å². The van der Waals surface area contributed by atoms with Crippen molar-refractivity contribution in [3.8, 4) is 0 Å². The van der Waals surface area contributed by atoms with Crippen molar-refractivity contribution >= 4 is 23.5 Å². The van der Waals surface area contributed by atoms with Crippen LogP contribution in [0.5, 0.6) is 0 Å². The Morgan fingerprint density at radius 2 is 1.96 bits per heavy atom. The second kappa shape index (κ2) is 6.15. The van der Waals surface area contributed by atoms with Gasteiger partial charge in [0.05, 0.1) is 18.7 Å². The van der Waals surface area contributed by atoms with Gasteiger partial charge in [0.15, 0.2) is 12.1 Å². The highest BCUT2D eigenvalue weighted by Crippen LogP contribution is 2.31. The largest absolute Gasteiger partial charge is 0.466 e. The Kier molecular flexibility index (Phi) is 4.05. The van der Waals surface area contributed by atoms with Gasteiger partial charge in [-0.15, -0.1) is 0 Å². The molecule has 23 heavy (non-hydrogen) atoms. The quantitative estimate of drug-likeness (QED) is 0.595. The molecular weight excluding hydrogens is 300 g/mol. The first-order chi connectivity index (χ1) is 11.1. The first kappa shape index (κ1) is 15.1. The second-order valence-corrected chi connectivity index (χ2v) is 5.16. The average Bonchev–Trinajstić information content (AvgIpc) is 3.07. The predicted molar refractivity (Wildman–Crippen MR) is 79.3 cm³/mol. The maximum atomic E-state index is 12.6. The van der Waals surface area contributed by atoms with Crippen LogP contribution in [-0.4, -0.2) is 48.0 Å². The normalized spacial score (nSPS) is 22.7. The molecule has 120 valence electrons. The molecule has 8 nitrogen and oxygen atoms in total. The van der Waals surface area contributed by atoms with E-state index in [0.717, 1.165) is 4.90 Å². The number of benzene rings is 1. The van der Waals surface area contributed by atoms with Crippen LogP contribution in [0, 0.1) is 0 Å². The zero-order valence-electron chi connectivity index (χ0n) is 12.6. The van der Waals surface area contributed by atoms with Crippen molar-refractivity contribution in [3.63, 3.8) is 0 Å². The van der Waals surface area contributed by atoms with Crippen LogP contribution in [0.15, 0.2) is 40.7 Å². The van der Waals surface area contributed by atoms with Crippen LogP contribution < -0.4 is 4.90 Å². The van der Waals surface area contributed by atoms with E-state index < -0.39 is 18.0 Å². The number of fused-ring (bicyclic) bond motifs is 1. The lowest BCUT2D eigenvalue weighted by molar-refractivity contribution is -0.143. The number of anilines is 1. The average molecular weight is 316 g/mol. The Labute approximate surface area is 132 Å². The molecule has 0 N–H and O–H groups in total. The van der Waals surface area contributed by atoms with Gasteiger partial charge in [0.25, 0.3) is 11.8 Å². The minimum Gasteiger partial charge on any atom is -0.466 e. The number of nitrogens with zero attached hydrogens (tertiary/aromatic N) is 4. The van der Waals surface area contributed by atoms with Crippen molar-refractivity contribution in [2.45, 2.75) is 25.4 Å². The van der Waals surface area contributed by atoms with E-state index in [2.05, 4.69) is 10.3 Å². The number of hydrogen-bond donors (Lipinski definition) is 0. The highest BCUT2D eigenvalue weighted by Gasteiger charge is 2.54. The molecule has 8 heteroatoms. The summed E-state index contributed by atoms with van der Waals surface area (Å²) in [5.74, 6) is -1.14. The van der Waals surface area contributed by atoms with Crippen molar-refractivity contribution in [2.75, 3.05) is 18.1 Å². The third-order valence-electron chi connectivity index (χ3n) is 3.72. The van der Waals surface area contributed by atoms with E-state index in [1.807, 2.05) is 0 Å². The molecule has 0 radical (unpaired) electrons. The van der Waals surface area contributed by atoms with Crippen molar-refractivity contribution in [3.05, 3.63) is 30.3 Å². The molecule has 2 atom stereocenters. The lowest BCUT2D eigenvalue weighted by Crippen LogP contribution is -2.40. The maximum absolute atomic E-state index is 12.6. The molecule has 1 saturated heterocycles. The summed E-state index contributed by atoms with van der Waals surface area (Å²) in [4.78, 5) is 37.6. The molecule has 2 aliphatic rings. The molecule has 0 unspecified atom stereocenters. The molecular formula is C15H16N4O4. The third kappa shape index (κ3) is 2.67. The monoisotopic (exact) mass is 316 g/mol. The van der Waals surface area contributed by atoms with Gasteiger partial charge in [-0.1, -0.05) is 23.4 Å². The molecule has 1 aromatic carbocycles. The summed E-state index contributed by atoms with van der Waals surface area (Å²) in [5.41, 5.74) is 0.512. The van der Waals surface area contributed by atoms with Crippen LogP contribution in [0.4, 0.5) is 5.69 Å². The molecule has 2 amide bonds. The van der Waals surface area contributed by atoms with Gasteiger partial charge in [-0.25, -0.2) is 4.90 Å². The van der Waals surface area contributed by atoms with Crippen LogP contribution in [0.25, 0.3) is 0 Å². The molecule has 1 aromatic rings. The number of ether oxygens (including phenoxy) is 1. The molecule has 0 aliphatic carbocycles. The van der Waals surface area contributed by atoms with Crippen LogP contribution in [0.3, 0.4) is 0 Å². The van der Waals surface area contributed by atoms with Crippen molar-refractivity contribution < 1.29 is 19.1 Å². The Morgan fingerprint density at radius 3 is 2.65 bits per heavy atom. The lowest BCUT2D eigenvalue weighted by Gasteiger charge is -2.20. The van der Waals surface area contributed by atoms with Gasteiger partial charge >= 0.3 is 5.97 Å². The summed E-state index contributed by atoms with van der Waals surface area (Å²) in [5, 5.41) is 9.15. The highest BCUT2D eigenvalue weighted by atomic mass is 16.5. The molecule has 0 aromatic heterocycles. The van der Waals surface area contributed by atoms with Gasteiger partial charge in [0.1, 0.15) is 0 Å². The highest BCUT2D eigenvalue weighted by molar-refractivity contribution is 6.25. The van der Waals surface area contributed by atoms with Gasteiger partial charge < -0.3 is 4.74 Å². The van der Waals surface area contributed by atoms with E-state index in [-0.39, 0.29) is 24.8 Å². The van der Waals surface area contributed by atoms with Crippen molar-refractivity contribution in [1.82, 2.24) is 5.01 Å². The number of amides is 2. The number of hydrogen-bond acceptors (Lipinski definition) is 7. The summed E-state index contributed by atoms with van der Waals surface area (Å²) in [7, 11) is 0. The predicted octanol–water partition coefficient (Wildman–Crippen LogP) is 0.933. The third-order valence-corrected chi connectivity index (χ3v) is 3.72. The van der Waals surface area contributed by atoms with Crippen molar-refractivity contribution in [2.24, 2.45) is 10.3 Å². The minimum absolute atomic E-state index is 0.0862. The summed E-state index contributed by atoms with van der Waals surface area (Å²) in [6.07, 6.45) is 0.0862. The number of para-hydroxylation sites is 1. The van der Waals surface area contributed by atoms with Crippen LogP contribution in [-0.2, 0) is 19.1 Å². The second-order valence-electron chi connectivity index (χ2n) is 5.16. The smallest absolute Gasteiger partial charge is 0.307 e. The van der Waals surface area contributed by atoms with Crippen LogP contribution in [0.1, 0.15) is 13.3 Å². The summed E-state index contributed by atoms with van der Waals surface area (Å²) < 4.78 is 4.85. The van der Waals surface area contributed by atoms with Crippen LogP contribution in [0.2, 0.25) is 0 Å². The fourth-order valence-electron chi connectivity index (χ4n) is 2.68. The SMILES string of the molecule is CCOC(=O)CCN1N=N[C@H]2C(=O)N(c3ccccc3)C(=O)[C@H]21. The molecule has 1 fully saturated rings. The first-order valence-corrected chi connectivity index (χ1v) is 7.39. The van der Waals surface area contributed by atoms with Crippen LogP contribution >= 0.6 is 0 Å². The molecule has 2 aliphatic heterocycles. The lowest BCUT2D eigenvalue weighted by atomic mass is 10.1. The molecule has 0 spiro atoms. The van der Waals surface area contributed by atoms with E-state index >= 15 is 0 Å². The summed E-state index contributed by atoms with van der Waals surface area (Å²) in [6.45, 7) is 2.21. The summed E-state index contributed by atoms with van der Waals surface area (Å²) in [6, 6.07) is 7.07. The fourth-order valence-corrected chi connectivity index (χ4v) is 2.68. The minimum atomic E-state index is -0.843. The molecule has 0 bridgehead atoms. The Balaban J connectivity index is 1.74. The Morgan fingerprint density at radius 1 is 1.22 bits per heavy atom. The number of esters is 1. The standard InChI is InChI=1S/C15H16N4O4/c1-2-23-11(20)8-9-18-13-12(16-17-18)14(21)19(15(13)22)10-6-4-3-5-7-10/h3-7,12-13H,2,8-9H2,1H3/t12-,13+/m1/s1. The topological polar surface area (TPSA) is 91.6 Å². The van der Waals surface area contributed by atoms with E-state index in [4.69, 9.17) is 4.74 Å². The number of rotatable bonds is 5. The van der Waals surface area contributed by atoms with E-state index in [0.29, 0.717) is 12.3 Å². The molecule has 3 rings (SSSR count). The van der Waals surface area contributed by atoms with E-state index in [1.165, 1.54) is 5.01 Å². The number of carbonyl (C=O) groups excluding carboxylic acids is 3.